The van der Waals surface area contributed by atoms with Gasteiger partial charge in [0.1, 0.15) is 0 Å². The topological polar surface area (TPSA) is 12.0 Å². The molecular weight excluding hydrogens is 238 g/mol. The second kappa shape index (κ2) is 9.08. The molecule has 0 aliphatic heterocycles. The molecule has 0 heterocycles. The fourth-order valence-electron chi connectivity index (χ4n) is 1.86. The van der Waals surface area contributed by atoms with E-state index in [0.29, 0.717) is 6.04 Å². The molecule has 18 heavy (non-hydrogen) atoms. The van der Waals surface area contributed by atoms with Crippen molar-refractivity contribution in [3.05, 3.63) is 35.4 Å². The van der Waals surface area contributed by atoms with Crippen LogP contribution in [0.1, 0.15) is 24.5 Å². The van der Waals surface area contributed by atoms with E-state index in [0.717, 1.165) is 24.5 Å². The minimum atomic E-state index is 0.567. The molecular formula is C16H23NS. The van der Waals surface area contributed by atoms with Crippen molar-refractivity contribution < 1.29 is 0 Å². The van der Waals surface area contributed by atoms with E-state index in [2.05, 4.69) is 49.4 Å². The number of hydrogen-bond donors (Lipinski definition) is 1. The zero-order valence-corrected chi connectivity index (χ0v) is 12.2. The molecule has 0 saturated carbocycles. The smallest absolute Gasteiger partial charge is 0.0545 e. The van der Waals surface area contributed by atoms with Gasteiger partial charge >= 0.3 is 0 Å². The minimum Gasteiger partial charge on any atom is -0.313 e. The van der Waals surface area contributed by atoms with E-state index in [1.54, 1.807) is 0 Å². The summed E-state index contributed by atoms with van der Waals surface area (Å²) in [6, 6.07) is 9.34. The largest absolute Gasteiger partial charge is 0.313 e. The molecule has 2 heteroatoms. The Kier molecular flexibility index (Phi) is 7.64. The molecule has 0 aromatic heterocycles. The lowest BCUT2D eigenvalue weighted by molar-refractivity contribution is 0.533. The molecule has 0 amide bonds. The van der Waals surface area contributed by atoms with Crippen molar-refractivity contribution in [2.45, 2.75) is 32.7 Å². The van der Waals surface area contributed by atoms with Crippen molar-refractivity contribution in [3.63, 3.8) is 0 Å². The van der Waals surface area contributed by atoms with Gasteiger partial charge in [-0.15, -0.1) is 18.2 Å². The molecule has 1 N–H and O–H groups in total. The molecule has 1 aromatic carbocycles. The Morgan fingerprint density at radius 3 is 3.00 bits per heavy atom. The van der Waals surface area contributed by atoms with Gasteiger partial charge in [0.05, 0.1) is 5.75 Å². The van der Waals surface area contributed by atoms with Crippen LogP contribution in [0.3, 0.4) is 0 Å². The molecule has 0 bridgehead atoms. The standard InChI is InChI=1S/C16H23NS/c1-4-11-18-12-10-17-15(3)8-9-16-7-5-6-14(2)13-16/h1,5-7,13,15,17H,8-12H2,2-3H3. The summed E-state index contributed by atoms with van der Waals surface area (Å²) in [5, 5.41) is 3.54. The quantitative estimate of drug-likeness (QED) is 0.569. The molecule has 0 aliphatic rings. The molecule has 0 saturated heterocycles. The Labute approximate surface area is 116 Å². The Bertz CT molecular complexity index is 381. The number of thioether (sulfide) groups is 1. The Morgan fingerprint density at radius 1 is 1.44 bits per heavy atom. The van der Waals surface area contributed by atoms with Crippen LogP contribution < -0.4 is 5.32 Å². The van der Waals surface area contributed by atoms with Gasteiger partial charge in [-0.3, -0.25) is 0 Å². The van der Waals surface area contributed by atoms with E-state index >= 15 is 0 Å². The number of benzene rings is 1. The van der Waals surface area contributed by atoms with Crippen molar-refractivity contribution in [3.8, 4) is 12.3 Å². The molecule has 1 aromatic rings. The van der Waals surface area contributed by atoms with Gasteiger partial charge in [0, 0.05) is 18.3 Å². The first kappa shape index (κ1) is 15.1. The van der Waals surface area contributed by atoms with Gasteiger partial charge in [-0.2, -0.15) is 0 Å². The predicted molar refractivity (Wildman–Crippen MR) is 83.1 cm³/mol. The lowest BCUT2D eigenvalue weighted by Gasteiger charge is -2.13. The summed E-state index contributed by atoms with van der Waals surface area (Å²) in [5.41, 5.74) is 2.78. The van der Waals surface area contributed by atoms with E-state index in [1.165, 1.54) is 17.5 Å². The minimum absolute atomic E-state index is 0.567. The van der Waals surface area contributed by atoms with Crippen LogP contribution in [0.15, 0.2) is 24.3 Å². The highest BCUT2D eigenvalue weighted by molar-refractivity contribution is 7.99. The van der Waals surface area contributed by atoms with Crippen LogP contribution >= 0.6 is 11.8 Å². The lowest BCUT2D eigenvalue weighted by atomic mass is 10.0. The van der Waals surface area contributed by atoms with Crippen LogP contribution in [0.5, 0.6) is 0 Å². The molecule has 0 spiro atoms. The van der Waals surface area contributed by atoms with Crippen LogP contribution in [-0.4, -0.2) is 24.1 Å². The summed E-state index contributed by atoms with van der Waals surface area (Å²) >= 11 is 1.81. The molecule has 0 aliphatic carbocycles. The Morgan fingerprint density at radius 2 is 2.28 bits per heavy atom. The molecule has 0 fully saturated rings. The number of terminal acetylenes is 1. The predicted octanol–water partition coefficient (Wildman–Crippen LogP) is 3.27. The fourth-order valence-corrected chi connectivity index (χ4v) is 2.39. The van der Waals surface area contributed by atoms with Crippen molar-refractivity contribution in [2.24, 2.45) is 0 Å². The lowest BCUT2D eigenvalue weighted by Crippen LogP contribution is -2.28. The maximum absolute atomic E-state index is 5.20. The van der Waals surface area contributed by atoms with E-state index in [1.807, 2.05) is 11.8 Å². The number of nitrogens with one attached hydrogen (secondary N) is 1. The number of aryl methyl sites for hydroxylation is 2. The maximum atomic E-state index is 5.20. The third-order valence-electron chi connectivity index (χ3n) is 2.87. The van der Waals surface area contributed by atoms with E-state index in [9.17, 15) is 0 Å². The fraction of sp³-hybridized carbons (Fsp3) is 0.500. The average molecular weight is 261 g/mol. The second-order valence-corrected chi connectivity index (χ2v) is 5.74. The first-order valence-corrected chi connectivity index (χ1v) is 7.68. The summed E-state index contributed by atoms with van der Waals surface area (Å²) in [4.78, 5) is 0. The van der Waals surface area contributed by atoms with E-state index in [-0.39, 0.29) is 0 Å². The summed E-state index contributed by atoms with van der Waals surface area (Å²) < 4.78 is 0. The molecule has 98 valence electrons. The van der Waals surface area contributed by atoms with Crippen molar-refractivity contribution in [1.29, 1.82) is 0 Å². The van der Waals surface area contributed by atoms with Crippen molar-refractivity contribution in [2.75, 3.05) is 18.1 Å². The monoisotopic (exact) mass is 261 g/mol. The van der Waals surface area contributed by atoms with Crippen LogP contribution in [-0.2, 0) is 6.42 Å². The van der Waals surface area contributed by atoms with Gasteiger partial charge < -0.3 is 5.32 Å². The highest BCUT2D eigenvalue weighted by Gasteiger charge is 2.01. The average Bonchev–Trinajstić information content (AvgIpc) is 2.36. The van der Waals surface area contributed by atoms with Gasteiger partial charge in [0.15, 0.2) is 0 Å². The molecule has 1 atom stereocenters. The Hall–Kier alpha value is -0.910. The van der Waals surface area contributed by atoms with Crippen LogP contribution in [0.2, 0.25) is 0 Å². The van der Waals surface area contributed by atoms with E-state index in [4.69, 9.17) is 6.42 Å². The molecule has 1 nitrogen and oxygen atoms in total. The SMILES string of the molecule is C#CCSCCNC(C)CCc1cccc(C)c1. The van der Waals surface area contributed by atoms with E-state index < -0.39 is 0 Å². The highest BCUT2D eigenvalue weighted by atomic mass is 32.2. The molecule has 1 rings (SSSR count). The molecule has 0 radical (unpaired) electrons. The third kappa shape index (κ3) is 6.74. The summed E-state index contributed by atoms with van der Waals surface area (Å²) in [7, 11) is 0. The zero-order valence-electron chi connectivity index (χ0n) is 11.4. The summed E-state index contributed by atoms with van der Waals surface area (Å²) in [5.74, 6) is 4.56. The van der Waals surface area contributed by atoms with Gasteiger partial charge in [-0.1, -0.05) is 35.7 Å². The first-order valence-electron chi connectivity index (χ1n) is 6.52. The number of hydrogen-bond acceptors (Lipinski definition) is 2. The van der Waals surface area contributed by atoms with Gasteiger partial charge in [-0.25, -0.2) is 0 Å². The van der Waals surface area contributed by atoms with Gasteiger partial charge in [-0.05, 0) is 32.3 Å². The third-order valence-corrected chi connectivity index (χ3v) is 3.74. The van der Waals surface area contributed by atoms with Gasteiger partial charge in [0.2, 0.25) is 0 Å². The van der Waals surface area contributed by atoms with Crippen LogP contribution in [0.25, 0.3) is 0 Å². The zero-order chi connectivity index (χ0) is 13.2. The normalized spacial score (nSPS) is 12.1. The summed E-state index contributed by atoms with van der Waals surface area (Å²) in [6.07, 6.45) is 7.53. The second-order valence-electron chi connectivity index (χ2n) is 4.64. The summed E-state index contributed by atoms with van der Waals surface area (Å²) in [6.45, 7) is 5.44. The maximum Gasteiger partial charge on any atom is 0.0545 e. The Balaban J connectivity index is 2.13. The molecule has 1 unspecified atom stereocenters. The highest BCUT2D eigenvalue weighted by Crippen LogP contribution is 2.08. The van der Waals surface area contributed by atoms with Crippen molar-refractivity contribution in [1.82, 2.24) is 5.32 Å². The van der Waals surface area contributed by atoms with Crippen LogP contribution in [0, 0.1) is 19.3 Å². The number of rotatable bonds is 8. The first-order chi connectivity index (χ1) is 8.72. The van der Waals surface area contributed by atoms with Gasteiger partial charge in [0.25, 0.3) is 0 Å². The van der Waals surface area contributed by atoms with Crippen molar-refractivity contribution >= 4 is 11.8 Å². The van der Waals surface area contributed by atoms with Crippen LogP contribution in [0.4, 0.5) is 0 Å².